The van der Waals surface area contributed by atoms with Gasteiger partial charge in [0.2, 0.25) is 23.6 Å². The molecule has 1 fully saturated rings. The van der Waals surface area contributed by atoms with Crippen LogP contribution in [0.3, 0.4) is 0 Å². The summed E-state index contributed by atoms with van der Waals surface area (Å²) in [6, 6.07) is 6.11. The Hall–Kier alpha value is -4.65. The number of benzene rings is 1. The lowest BCUT2D eigenvalue weighted by atomic mass is 9.89. The van der Waals surface area contributed by atoms with E-state index in [0.717, 1.165) is 12.5 Å². The molecule has 1 aromatic carbocycles. The Morgan fingerprint density at radius 3 is 1.94 bits per heavy atom. The predicted octanol–water partition coefficient (Wildman–Crippen LogP) is 3.79. The maximum absolute atomic E-state index is 14.4. The van der Waals surface area contributed by atoms with E-state index in [1.807, 2.05) is 97.7 Å². The first-order valence-electron chi connectivity index (χ1n) is 23.6. The second-order valence-electron chi connectivity index (χ2n) is 18.8. The topological polar surface area (TPSA) is 225 Å². The average molecular weight is 949 g/mol. The Bertz CT molecular complexity index is 1710. The molecule has 0 aromatic heterocycles. The molecule has 382 valence electrons. The van der Waals surface area contributed by atoms with E-state index in [1.54, 1.807) is 37.9 Å². The number of carbonyl (C=O) groups excluding carboxylic acids is 5. The van der Waals surface area contributed by atoms with Crippen LogP contribution in [0.2, 0.25) is 0 Å². The Morgan fingerprint density at radius 2 is 1.45 bits per heavy atom. The molecule has 4 N–H and O–H groups in total. The van der Waals surface area contributed by atoms with E-state index in [0.29, 0.717) is 25.8 Å². The summed E-state index contributed by atoms with van der Waals surface area (Å²) >= 11 is 0. The number of nitrogens with one attached hydrogen (secondary N) is 2. The fourth-order valence-corrected chi connectivity index (χ4v) is 8.62. The van der Waals surface area contributed by atoms with Crippen molar-refractivity contribution in [2.45, 2.75) is 150 Å². The van der Waals surface area contributed by atoms with Gasteiger partial charge >= 0.3 is 11.9 Å². The zero-order valence-electron chi connectivity index (χ0n) is 42.9. The highest BCUT2D eigenvalue weighted by atomic mass is 16.5. The normalized spacial score (nSPS) is 17.4. The Morgan fingerprint density at radius 1 is 0.851 bits per heavy atom. The summed E-state index contributed by atoms with van der Waals surface area (Å²) in [5.74, 6) is -4.65. The Balaban J connectivity index is 0.00000538. The molecule has 18 heteroatoms. The first kappa shape index (κ1) is 60.4. The van der Waals surface area contributed by atoms with Crippen LogP contribution in [0.1, 0.15) is 100 Å². The number of esters is 1. The largest absolute Gasteiger partial charge is 0.481 e. The molecule has 4 amide bonds. The lowest BCUT2D eigenvalue weighted by molar-refractivity contribution is -0.150. The highest BCUT2D eigenvalue weighted by molar-refractivity contribution is 5.90. The Kier molecular flexibility index (Phi) is 27.0. The maximum Gasteiger partial charge on any atom is 0.329 e. The van der Waals surface area contributed by atoms with E-state index in [4.69, 9.17) is 29.2 Å². The van der Waals surface area contributed by atoms with Crippen molar-refractivity contribution >= 4 is 41.5 Å². The molecule has 0 bridgehead atoms. The lowest BCUT2D eigenvalue weighted by Crippen LogP contribution is -2.60. The third kappa shape index (κ3) is 19.5. The molecular weight excluding hydrogens is 865 g/mol. The molecule has 1 aliphatic rings. The van der Waals surface area contributed by atoms with Gasteiger partial charge in [-0.25, -0.2) is 4.79 Å². The van der Waals surface area contributed by atoms with Crippen molar-refractivity contribution in [3.8, 4) is 0 Å². The van der Waals surface area contributed by atoms with Crippen molar-refractivity contribution in [3.05, 3.63) is 35.9 Å². The molecule has 0 aliphatic carbocycles. The summed E-state index contributed by atoms with van der Waals surface area (Å²) < 4.78 is 17.6. The van der Waals surface area contributed by atoms with Gasteiger partial charge in [-0.15, -0.1) is 0 Å². The van der Waals surface area contributed by atoms with Crippen LogP contribution in [0.15, 0.2) is 30.3 Å². The number of carboxylic acid groups (broad SMARTS) is 2. The number of aliphatic carboxylic acids is 2. The number of ether oxygens (including phenoxy) is 3. The molecule has 0 radical (unpaired) electrons. The standard InChI is InChI=1S/C47H80N6O10.C2H4O2/c1-15-32(8)42(52(12)46(59)40(29(2)3)49-45(58)41(30(4)5)51(11)31(6)7)37(61-13)27-38(54)53-23-19-22-36(53)43(62-14)33(9)44(57)48-35(26-34-20-17-16-18-21-34)47(60)63-25-24-50(10)28-39(55)56;1-2(3)4/h16-18,20-21,29-33,35-37,40-43H,15,19,22-28H2,1-14H3,(H,48,57)(H,49,58)(H,55,56);1H3,(H,3,4)/t32?,33?,35?,36?,37?,40-,41?,42?,43?;/m0./s1. The molecule has 67 heavy (non-hydrogen) atoms. The van der Waals surface area contributed by atoms with E-state index in [2.05, 4.69) is 10.6 Å². The number of rotatable bonds is 27. The van der Waals surface area contributed by atoms with Crippen LogP contribution in [0, 0.1) is 23.7 Å². The van der Waals surface area contributed by atoms with Gasteiger partial charge in [0.1, 0.15) is 18.7 Å². The minimum absolute atomic E-state index is 0.0107. The molecule has 18 nitrogen and oxygen atoms in total. The van der Waals surface area contributed by atoms with Crippen LogP contribution < -0.4 is 10.6 Å². The van der Waals surface area contributed by atoms with Crippen molar-refractivity contribution in [3.63, 3.8) is 0 Å². The number of likely N-dealkylation sites (N-methyl/N-ethyl adjacent to an activating group) is 3. The minimum Gasteiger partial charge on any atom is -0.481 e. The van der Waals surface area contributed by atoms with Crippen LogP contribution in [0.25, 0.3) is 0 Å². The smallest absolute Gasteiger partial charge is 0.329 e. The molecule has 0 spiro atoms. The van der Waals surface area contributed by atoms with Crippen molar-refractivity contribution in [1.29, 1.82) is 0 Å². The number of nitrogens with zero attached hydrogens (tertiary/aromatic N) is 4. The SMILES string of the molecule is CC(=O)O.CCC(C)C(C(CC(=O)N1CCCC1C(OC)C(C)C(=O)NC(Cc1ccccc1)C(=O)OCCN(C)CC(=O)O)OC)N(C)C(=O)[C@@H](NC(=O)C(C(C)C)N(C)C(C)C)C(C)C. The number of carboxylic acids is 2. The minimum atomic E-state index is -1.03. The summed E-state index contributed by atoms with van der Waals surface area (Å²) in [6.45, 7) is 19.1. The summed E-state index contributed by atoms with van der Waals surface area (Å²) in [6.07, 6.45) is 0.714. The van der Waals surface area contributed by atoms with E-state index >= 15 is 0 Å². The molecule has 1 aromatic rings. The molecule has 9 atom stereocenters. The molecule has 1 saturated heterocycles. The zero-order valence-corrected chi connectivity index (χ0v) is 42.9. The van der Waals surface area contributed by atoms with E-state index < -0.39 is 72.2 Å². The van der Waals surface area contributed by atoms with Gasteiger partial charge < -0.3 is 44.9 Å². The third-order valence-corrected chi connectivity index (χ3v) is 12.6. The van der Waals surface area contributed by atoms with Crippen molar-refractivity contribution in [1.82, 2.24) is 30.2 Å². The second-order valence-corrected chi connectivity index (χ2v) is 18.8. The van der Waals surface area contributed by atoms with Crippen molar-refractivity contribution in [2.75, 3.05) is 61.6 Å². The molecule has 1 aliphatic heterocycles. The van der Waals surface area contributed by atoms with Crippen LogP contribution in [0.4, 0.5) is 0 Å². The summed E-state index contributed by atoms with van der Waals surface area (Å²) in [5.41, 5.74) is 0.806. The van der Waals surface area contributed by atoms with Gasteiger partial charge in [0.05, 0.1) is 49.2 Å². The predicted molar refractivity (Wildman–Crippen MR) is 256 cm³/mol. The average Bonchev–Trinajstić information content (AvgIpc) is 3.74. The van der Waals surface area contributed by atoms with Crippen LogP contribution in [-0.4, -0.2) is 181 Å². The quantitative estimate of drug-likeness (QED) is 0.0922. The molecule has 2 rings (SSSR count). The van der Waals surface area contributed by atoms with Gasteiger partial charge in [-0.2, -0.15) is 0 Å². The lowest BCUT2D eigenvalue weighted by Gasteiger charge is -2.41. The Labute approximate surface area is 399 Å². The number of hydrogen-bond acceptors (Lipinski definition) is 12. The second kappa shape index (κ2) is 30.0. The van der Waals surface area contributed by atoms with Crippen LogP contribution >= 0.6 is 0 Å². The summed E-state index contributed by atoms with van der Waals surface area (Å²) in [5, 5.41) is 22.4. The van der Waals surface area contributed by atoms with Gasteiger partial charge in [-0.05, 0) is 64.1 Å². The summed E-state index contributed by atoms with van der Waals surface area (Å²) in [4.78, 5) is 97.0. The molecule has 0 saturated carbocycles. The first-order chi connectivity index (χ1) is 31.3. The fraction of sp³-hybridized carbons (Fsp3) is 0.735. The number of methoxy groups -OCH3 is 2. The molecule has 1 heterocycles. The maximum atomic E-state index is 14.4. The third-order valence-electron chi connectivity index (χ3n) is 12.6. The number of amides is 4. The summed E-state index contributed by atoms with van der Waals surface area (Å²) in [7, 11) is 8.29. The fourth-order valence-electron chi connectivity index (χ4n) is 8.62. The number of likely N-dealkylation sites (tertiary alicyclic amines) is 1. The van der Waals surface area contributed by atoms with E-state index in [9.17, 15) is 28.8 Å². The highest BCUT2D eigenvalue weighted by Gasteiger charge is 2.44. The zero-order chi connectivity index (χ0) is 51.3. The molecule has 8 unspecified atom stereocenters. The van der Waals surface area contributed by atoms with Gasteiger partial charge in [0.25, 0.3) is 5.97 Å². The van der Waals surface area contributed by atoms with Gasteiger partial charge in [0.15, 0.2) is 0 Å². The van der Waals surface area contributed by atoms with E-state index in [1.165, 1.54) is 12.0 Å². The van der Waals surface area contributed by atoms with Crippen LogP contribution in [0.5, 0.6) is 0 Å². The van der Waals surface area contributed by atoms with E-state index in [-0.39, 0.29) is 74.1 Å². The van der Waals surface area contributed by atoms with Crippen LogP contribution in [-0.2, 0) is 54.2 Å². The van der Waals surface area contributed by atoms with Gasteiger partial charge in [-0.3, -0.25) is 38.6 Å². The molecular formula is C49H84N6O12. The first-order valence-corrected chi connectivity index (χ1v) is 23.6. The monoisotopic (exact) mass is 949 g/mol. The number of carbonyl (C=O) groups is 7. The van der Waals surface area contributed by atoms with Crippen molar-refractivity contribution in [2.24, 2.45) is 23.7 Å². The van der Waals surface area contributed by atoms with Gasteiger partial charge in [-0.1, -0.05) is 85.2 Å². The van der Waals surface area contributed by atoms with Gasteiger partial charge in [0, 0.05) is 53.7 Å². The van der Waals surface area contributed by atoms with Crippen molar-refractivity contribution < 1.29 is 58.0 Å². The highest BCUT2D eigenvalue weighted by Crippen LogP contribution is 2.30. The number of hydrogen-bond donors (Lipinski definition) is 4.